The minimum absolute atomic E-state index is 0.304. The molecule has 0 aromatic heterocycles. The summed E-state index contributed by atoms with van der Waals surface area (Å²) in [5.41, 5.74) is 7.58. The molecule has 0 aliphatic carbocycles. The third-order valence-corrected chi connectivity index (χ3v) is 3.33. The van der Waals surface area contributed by atoms with Gasteiger partial charge in [-0.15, -0.1) is 13.2 Å². The Kier molecular flexibility index (Phi) is 6.54. The van der Waals surface area contributed by atoms with Crippen molar-refractivity contribution in [3.63, 3.8) is 0 Å². The summed E-state index contributed by atoms with van der Waals surface area (Å²) in [7, 11) is 0. The highest BCUT2D eigenvalue weighted by molar-refractivity contribution is 5.24. The molecule has 0 heterocycles. The number of hydrogen-bond acceptors (Lipinski definition) is 2. The van der Waals surface area contributed by atoms with Gasteiger partial charge in [-0.2, -0.15) is 0 Å². The van der Waals surface area contributed by atoms with Gasteiger partial charge in [0.05, 0.1) is 5.54 Å². The smallest absolute Gasteiger partial charge is 0.0538 e. The second-order valence-electron chi connectivity index (χ2n) is 5.04. The fourth-order valence-corrected chi connectivity index (χ4v) is 2.50. The molecule has 2 N–H and O–H groups in total. The maximum atomic E-state index is 6.68. The molecule has 2 heteroatoms. The van der Waals surface area contributed by atoms with E-state index in [0.29, 0.717) is 0 Å². The lowest BCUT2D eigenvalue weighted by Crippen LogP contribution is -2.47. The molecule has 1 atom stereocenters. The molecule has 0 amide bonds. The Balaban J connectivity index is 2.91. The van der Waals surface area contributed by atoms with Gasteiger partial charge in [0.2, 0.25) is 0 Å². The van der Waals surface area contributed by atoms with Crippen molar-refractivity contribution in [3.05, 3.63) is 61.2 Å². The van der Waals surface area contributed by atoms with Crippen LogP contribution in [-0.2, 0) is 5.54 Å². The highest BCUT2D eigenvalue weighted by atomic mass is 15.1. The summed E-state index contributed by atoms with van der Waals surface area (Å²) in [6, 6.07) is 10.4. The van der Waals surface area contributed by atoms with E-state index in [1.165, 1.54) is 5.56 Å². The van der Waals surface area contributed by atoms with Crippen molar-refractivity contribution in [1.29, 1.82) is 0 Å². The fourth-order valence-electron chi connectivity index (χ4n) is 2.50. The van der Waals surface area contributed by atoms with Gasteiger partial charge in [0.15, 0.2) is 0 Å². The molecule has 1 unspecified atom stereocenters. The van der Waals surface area contributed by atoms with E-state index in [9.17, 15) is 0 Å². The predicted octanol–water partition coefficient (Wildman–Crippen LogP) is 3.31. The summed E-state index contributed by atoms with van der Waals surface area (Å²) in [5.74, 6) is 0. The van der Waals surface area contributed by atoms with Gasteiger partial charge in [-0.05, 0) is 12.0 Å². The van der Waals surface area contributed by atoms with E-state index in [0.717, 1.165) is 32.5 Å². The number of benzene rings is 1. The van der Waals surface area contributed by atoms with E-state index < -0.39 is 0 Å². The Bertz CT molecular complexity index is 376. The summed E-state index contributed by atoms with van der Waals surface area (Å²) in [6.07, 6.45) is 5.88. The molecular formula is C17H26N2. The molecule has 0 aliphatic heterocycles. The topological polar surface area (TPSA) is 29.3 Å². The fraction of sp³-hybridized carbons (Fsp3) is 0.412. The Morgan fingerprint density at radius 1 is 1.16 bits per heavy atom. The van der Waals surface area contributed by atoms with E-state index >= 15 is 0 Å². The van der Waals surface area contributed by atoms with E-state index in [2.05, 4.69) is 49.2 Å². The lowest BCUT2D eigenvalue weighted by atomic mass is 9.86. The molecule has 0 saturated heterocycles. The second-order valence-corrected chi connectivity index (χ2v) is 5.04. The highest BCUT2D eigenvalue weighted by Gasteiger charge is 2.28. The van der Waals surface area contributed by atoms with Crippen LogP contribution in [0.3, 0.4) is 0 Å². The average Bonchev–Trinajstić information content (AvgIpc) is 2.40. The van der Waals surface area contributed by atoms with E-state index in [4.69, 9.17) is 5.73 Å². The van der Waals surface area contributed by atoms with Gasteiger partial charge in [-0.3, -0.25) is 4.90 Å². The molecule has 104 valence electrons. The van der Waals surface area contributed by atoms with Crippen molar-refractivity contribution in [2.24, 2.45) is 5.73 Å². The summed E-state index contributed by atoms with van der Waals surface area (Å²) >= 11 is 0. The molecule has 0 aliphatic rings. The summed E-state index contributed by atoms with van der Waals surface area (Å²) in [6.45, 7) is 12.3. The van der Waals surface area contributed by atoms with Crippen molar-refractivity contribution >= 4 is 0 Å². The van der Waals surface area contributed by atoms with Crippen molar-refractivity contribution in [3.8, 4) is 0 Å². The minimum atomic E-state index is -0.304. The molecule has 1 rings (SSSR count). The Morgan fingerprint density at radius 3 is 2.21 bits per heavy atom. The average molecular weight is 258 g/mol. The first kappa shape index (κ1) is 15.7. The maximum Gasteiger partial charge on any atom is 0.0538 e. The zero-order valence-corrected chi connectivity index (χ0v) is 12.0. The van der Waals surface area contributed by atoms with Crippen LogP contribution in [-0.4, -0.2) is 24.5 Å². The van der Waals surface area contributed by atoms with E-state index in [-0.39, 0.29) is 5.54 Å². The standard InChI is InChI=1S/C17H26N2/c1-4-12-17(18,16-10-8-7-9-11-16)15-19(13-5-2)14-6-3/h5-11H,2-4,12-15,18H2,1H3. The van der Waals surface area contributed by atoms with Crippen molar-refractivity contribution in [1.82, 2.24) is 4.90 Å². The van der Waals surface area contributed by atoms with E-state index in [1.54, 1.807) is 0 Å². The molecule has 1 aromatic rings. The van der Waals surface area contributed by atoms with Gasteiger partial charge in [0.1, 0.15) is 0 Å². The van der Waals surface area contributed by atoms with Gasteiger partial charge < -0.3 is 5.73 Å². The van der Waals surface area contributed by atoms with Crippen LogP contribution in [0.5, 0.6) is 0 Å². The molecule has 19 heavy (non-hydrogen) atoms. The minimum Gasteiger partial charge on any atom is -0.320 e. The van der Waals surface area contributed by atoms with Gasteiger partial charge in [-0.1, -0.05) is 55.8 Å². The van der Waals surface area contributed by atoms with Crippen LogP contribution in [0.2, 0.25) is 0 Å². The van der Waals surface area contributed by atoms with Crippen LogP contribution in [0, 0.1) is 0 Å². The Labute approximate surface area is 117 Å². The first-order valence-corrected chi connectivity index (χ1v) is 6.95. The third kappa shape index (κ3) is 4.66. The van der Waals surface area contributed by atoms with Crippen LogP contribution >= 0.6 is 0 Å². The van der Waals surface area contributed by atoms with Crippen LogP contribution in [0.15, 0.2) is 55.6 Å². The number of nitrogens with two attached hydrogens (primary N) is 1. The molecule has 0 bridgehead atoms. The zero-order chi connectivity index (χ0) is 14.1. The molecule has 0 spiro atoms. The zero-order valence-electron chi connectivity index (χ0n) is 12.0. The Morgan fingerprint density at radius 2 is 1.74 bits per heavy atom. The molecule has 0 fully saturated rings. The van der Waals surface area contributed by atoms with Crippen LogP contribution in [0.1, 0.15) is 25.3 Å². The van der Waals surface area contributed by atoms with Gasteiger partial charge in [-0.25, -0.2) is 0 Å². The molecule has 0 radical (unpaired) electrons. The summed E-state index contributed by atoms with van der Waals surface area (Å²) < 4.78 is 0. The van der Waals surface area contributed by atoms with Crippen LogP contribution in [0.25, 0.3) is 0 Å². The number of hydrogen-bond donors (Lipinski definition) is 1. The number of rotatable bonds is 9. The van der Waals surface area contributed by atoms with Crippen LogP contribution in [0.4, 0.5) is 0 Å². The third-order valence-electron chi connectivity index (χ3n) is 3.33. The normalized spacial score (nSPS) is 14.1. The second kappa shape index (κ2) is 7.93. The van der Waals surface area contributed by atoms with E-state index in [1.807, 2.05) is 18.2 Å². The molecule has 1 aromatic carbocycles. The SMILES string of the molecule is C=CCN(CC=C)CC(N)(CCC)c1ccccc1. The quantitative estimate of drug-likeness (QED) is 0.689. The summed E-state index contributed by atoms with van der Waals surface area (Å²) in [4.78, 5) is 2.28. The molecule has 2 nitrogen and oxygen atoms in total. The van der Waals surface area contributed by atoms with Crippen LogP contribution < -0.4 is 5.73 Å². The molecule has 0 saturated carbocycles. The highest BCUT2D eigenvalue weighted by Crippen LogP contribution is 2.25. The first-order valence-electron chi connectivity index (χ1n) is 6.95. The lowest BCUT2D eigenvalue weighted by molar-refractivity contribution is 0.233. The monoisotopic (exact) mass is 258 g/mol. The van der Waals surface area contributed by atoms with Gasteiger partial charge >= 0.3 is 0 Å². The largest absolute Gasteiger partial charge is 0.320 e. The van der Waals surface area contributed by atoms with Crippen molar-refractivity contribution in [2.45, 2.75) is 25.3 Å². The predicted molar refractivity (Wildman–Crippen MR) is 84.0 cm³/mol. The lowest BCUT2D eigenvalue weighted by Gasteiger charge is -2.35. The first-order chi connectivity index (χ1) is 9.16. The number of nitrogens with zero attached hydrogens (tertiary/aromatic N) is 1. The summed E-state index contributed by atoms with van der Waals surface area (Å²) in [5, 5.41) is 0. The van der Waals surface area contributed by atoms with Gasteiger partial charge in [0, 0.05) is 19.6 Å². The maximum absolute atomic E-state index is 6.68. The Hall–Kier alpha value is -1.38. The van der Waals surface area contributed by atoms with Gasteiger partial charge in [0.25, 0.3) is 0 Å². The van der Waals surface area contributed by atoms with Crippen molar-refractivity contribution in [2.75, 3.05) is 19.6 Å². The van der Waals surface area contributed by atoms with Crippen molar-refractivity contribution < 1.29 is 0 Å². The molecular weight excluding hydrogens is 232 g/mol.